The Labute approximate surface area is 305 Å². The number of fused-ring (bicyclic) bond motifs is 4. The average Bonchev–Trinajstić information content (AvgIpc) is 3.94. The van der Waals surface area contributed by atoms with Gasteiger partial charge in [-0.3, -0.25) is 4.79 Å². The molecule has 0 radical (unpaired) electrons. The normalized spacial score (nSPS) is 24.9. The number of benzene rings is 2. The van der Waals surface area contributed by atoms with Crippen LogP contribution in [0.5, 0.6) is 0 Å². The molecule has 15 heteroatoms. The largest absolute Gasteiger partial charge is 0.342 e. The third kappa shape index (κ3) is 6.57. The highest BCUT2D eigenvalue weighted by Crippen LogP contribution is 2.51. The van der Waals surface area contributed by atoms with Crippen LogP contribution in [0.2, 0.25) is 0 Å². The van der Waals surface area contributed by atoms with Gasteiger partial charge in [-0.15, -0.1) is 0 Å². The molecule has 2 aromatic rings. The number of carbonyl (C=O) groups is 3. The Bertz CT molecular complexity index is 2060. The van der Waals surface area contributed by atoms with Crippen molar-refractivity contribution in [1.29, 1.82) is 0 Å². The van der Waals surface area contributed by atoms with Gasteiger partial charge in [0, 0.05) is 37.9 Å². The molecule has 0 bridgehead atoms. The van der Waals surface area contributed by atoms with Crippen molar-refractivity contribution in [2.24, 2.45) is 5.92 Å². The zero-order valence-corrected chi connectivity index (χ0v) is 31.2. The highest BCUT2D eigenvalue weighted by molar-refractivity contribution is 7.91. The van der Waals surface area contributed by atoms with Crippen LogP contribution >= 0.6 is 0 Å². The first-order valence-electron chi connectivity index (χ1n) is 18.8. The fourth-order valence-corrected chi connectivity index (χ4v) is 12.5. The molecule has 6 aliphatic rings. The minimum atomic E-state index is -4.03. The van der Waals surface area contributed by atoms with E-state index in [9.17, 15) is 31.2 Å². The lowest BCUT2D eigenvalue weighted by Gasteiger charge is -2.31. The summed E-state index contributed by atoms with van der Waals surface area (Å²) in [6.07, 6.45) is 10.0. The van der Waals surface area contributed by atoms with E-state index in [0.29, 0.717) is 51.0 Å². The third-order valence-electron chi connectivity index (χ3n) is 12.4. The first-order chi connectivity index (χ1) is 24.9. The number of rotatable bonds is 7. The zero-order chi connectivity index (χ0) is 36.4. The van der Waals surface area contributed by atoms with Gasteiger partial charge in [-0.1, -0.05) is 12.1 Å². The van der Waals surface area contributed by atoms with Crippen LogP contribution < -0.4 is 25.4 Å². The molecule has 2 aromatic carbocycles. The number of piperidine rings is 1. The van der Waals surface area contributed by atoms with Gasteiger partial charge in [-0.25, -0.2) is 35.9 Å². The molecule has 0 saturated carbocycles. The molecular weight excluding hydrogens is 705 g/mol. The fraction of sp³-hybridized carbons (Fsp3) is 0.595. The number of anilines is 2. The molecule has 52 heavy (non-hydrogen) atoms. The third-order valence-corrected chi connectivity index (χ3v) is 15.9. The van der Waals surface area contributed by atoms with Crippen molar-refractivity contribution in [3.63, 3.8) is 0 Å². The smallest absolute Gasteiger partial charge is 0.332 e. The maximum absolute atomic E-state index is 13.5. The van der Waals surface area contributed by atoms with E-state index in [-0.39, 0.29) is 24.3 Å². The SMILES string of the molecule is CC(=O)N1CCCC(S(=O)(=O)NC(=O)Nc2c3c(cc4c2CC(C2CCc5cc6c(c(NC(=O)NS(=O)(=O)C7CCNC7)c52)CCC6)C4)CCC3)C1. The molecule has 8 rings (SSSR count). The quantitative estimate of drug-likeness (QED) is 0.285. The molecule has 4 unspecified atom stereocenters. The number of sulfonamides is 2. The molecule has 5 amide bonds. The summed E-state index contributed by atoms with van der Waals surface area (Å²) in [6.45, 7) is 2.92. The van der Waals surface area contributed by atoms with Crippen LogP contribution in [-0.4, -0.2) is 76.4 Å². The molecule has 0 aromatic heterocycles. The second kappa shape index (κ2) is 13.6. The van der Waals surface area contributed by atoms with E-state index in [1.807, 2.05) is 0 Å². The number of nitrogens with one attached hydrogen (secondary N) is 5. The topological polar surface area (TPSA) is 183 Å². The van der Waals surface area contributed by atoms with Crippen molar-refractivity contribution in [2.45, 2.75) is 107 Å². The standard InChI is InChI=1S/C37H48N6O7S2/c1-21(44)43-14-4-7-28(20-43)52(49,50)42-36(45)39-34-30-8-2-6-23(30)16-25-17-26(18-32(25)34)29-11-10-24-15-22-5-3-9-31(22)35(33(24)29)40-37(46)41-51(47,48)27-12-13-38-19-27/h15-16,26-29,38H,2-14,17-20H2,1H3,(H2,39,42,45)(H2,40,41,46). The first kappa shape index (κ1) is 35.3. The van der Waals surface area contributed by atoms with Gasteiger partial charge >= 0.3 is 12.1 Å². The second-order valence-corrected chi connectivity index (χ2v) is 19.5. The summed E-state index contributed by atoms with van der Waals surface area (Å²) in [7, 11) is -7.86. The number of hydrogen-bond donors (Lipinski definition) is 5. The summed E-state index contributed by atoms with van der Waals surface area (Å²) in [4.78, 5) is 40.3. The van der Waals surface area contributed by atoms with Crippen molar-refractivity contribution >= 4 is 49.4 Å². The zero-order valence-electron chi connectivity index (χ0n) is 29.6. The Morgan fingerprint density at radius 1 is 0.712 bits per heavy atom. The monoisotopic (exact) mass is 752 g/mol. The summed E-state index contributed by atoms with van der Waals surface area (Å²) < 4.78 is 57.2. The lowest BCUT2D eigenvalue weighted by atomic mass is 9.83. The van der Waals surface area contributed by atoms with Crippen LogP contribution in [0, 0.1) is 5.92 Å². The van der Waals surface area contributed by atoms with Crippen molar-refractivity contribution in [1.82, 2.24) is 19.7 Å². The lowest BCUT2D eigenvalue weighted by molar-refractivity contribution is -0.129. The molecule has 280 valence electrons. The highest BCUT2D eigenvalue weighted by atomic mass is 32.2. The van der Waals surface area contributed by atoms with Gasteiger partial charge < -0.3 is 20.9 Å². The van der Waals surface area contributed by atoms with Crippen LogP contribution in [0.3, 0.4) is 0 Å². The van der Waals surface area contributed by atoms with Gasteiger partial charge in [-0.2, -0.15) is 0 Å². The van der Waals surface area contributed by atoms with E-state index >= 15 is 0 Å². The molecule has 0 spiro atoms. The van der Waals surface area contributed by atoms with Crippen molar-refractivity contribution in [3.8, 4) is 0 Å². The first-order valence-corrected chi connectivity index (χ1v) is 21.9. The summed E-state index contributed by atoms with van der Waals surface area (Å²) in [5.74, 6) is 0.119. The van der Waals surface area contributed by atoms with Crippen LogP contribution in [0.4, 0.5) is 21.0 Å². The molecule has 4 aliphatic carbocycles. The predicted molar refractivity (Wildman–Crippen MR) is 198 cm³/mol. The van der Waals surface area contributed by atoms with Crippen LogP contribution in [0.1, 0.15) is 95.9 Å². The Kier molecular flexibility index (Phi) is 9.26. The molecular formula is C37H48N6O7S2. The summed E-state index contributed by atoms with van der Waals surface area (Å²) in [6, 6.07) is 3.05. The van der Waals surface area contributed by atoms with Crippen molar-refractivity contribution in [3.05, 3.63) is 56.6 Å². The summed E-state index contributed by atoms with van der Waals surface area (Å²) in [5.41, 5.74) is 10.5. The molecule has 2 saturated heterocycles. The highest BCUT2D eigenvalue weighted by Gasteiger charge is 2.41. The number of hydrogen-bond acceptors (Lipinski definition) is 8. The molecule has 2 aliphatic heterocycles. The van der Waals surface area contributed by atoms with Crippen LogP contribution in [-0.2, 0) is 69.8 Å². The Hall–Kier alpha value is -3.69. The fourth-order valence-electron chi connectivity index (χ4n) is 9.92. The Morgan fingerprint density at radius 2 is 1.37 bits per heavy atom. The van der Waals surface area contributed by atoms with Crippen molar-refractivity contribution in [2.75, 3.05) is 36.8 Å². The molecule has 5 N–H and O–H groups in total. The van der Waals surface area contributed by atoms with Crippen LogP contribution in [0.15, 0.2) is 12.1 Å². The van der Waals surface area contributed by atoms with Gasteiger partial charge in [0.1, 0.15) is 0 Å². The van der Waals surface area contributed by atoms with E-state index in [4.69, 9.17) is 0 Å². The molecule has 13 nitrogen and oxygen atoms in total. The number of carbonyl (C=O) groups excluding carboxylic acids is 3. The molecule has 2 fully saturated rings. The maximum Gasteiger partial charge on any atom is 0.332 e. The lowest BCUT2D eigenvalue weighted by Crippen LogP contribution is -2.49. The number of aryl methyl sites for hydroxylation is 3. The van der Waals surface area contributed by atoms with Crippen molar-refractivity contribution < 1.29 is 31.2 Å². The Morgan fingerprint density at radius 3 is 2.04 bits per heavy atom. The number of nitrogens with zero attached hydrogens (tertiary/aromatic N) is 1. The van der Waals surface area contributed by atoms with E-state index in [1.54, 1.807) is 0 Å². The predicted octanol–water partition coefficient (Wildman–Crippen LogP) is 3.38. The Balaban J connectivity index is 1.04. The second-order valence-electron chi connectivity index (χ2n) is 15.6. The number of likely N-dealkylation sites (tertiary alicyclic amines) is 1. The van der Waals surface area contributed by atoms with E-state index in [0.717, 1.165) is 91.3 Å². The minimum Gasteiger partial charge on any atom is -0.342 e. The van der Waals surface area contributed by atoms with Gasteiger partial charge in [-0.05, 0) is 146 Å². The number of urea groups is 2. The minimum absolute atomic E-state index is 0.0636. The summed E-state index contributed by atoms with van der Waals surface area (Å²) in [5, 5.41) is 7.56. The molecule has 2 heterocycles. The molecule has 4 atom stereocenters. The number of amides is 5. The van der Waals surface area contributed by atoms with Gasteiger partial charge in [0.2, 0.25) is 26.0 Å². The van der Waals surface area contributed by atoms with E-state index < -0.39 is 42.6 Å². The van der Waals surface area contributed by atoms with E-state index in [1.165, 1.54) is 28.5 Å². The van der Waals surface area contributed by atoms with E-state index in [2.05, 4.69) is 37.5 Å². The van der Waals surface area contributed by atoms with Crippen LogP contribution in [0.25, 0.3) is 0 Å². The van der Waals surface area contributed by atoms with Gasteiger partial charge in [0.25, 0.3) is 0 Å². The van der Waals surface area contributed by atoms with Gasteiger partial charge in [0.05, 0.1) is 10.5 Å². The maximum atomic E-state index is 13.5. The summed E-state index contributed by atoms with van der Waals surface area (Å²) >= 11 is 0. The van der Waals surface area contributed by atoms with Gasteiger partial charge in [0.15, 0.2) is 0 Å². The average molecular weight is 753 g/mol.